The largest absolute Gasteiger partial charge is 0.772 e. The third-order valence-electron chi connectivity index (χ3n) is 2.48. The van der Waals surface area contributed by atoms with Crippen molar-refractivity contribution in [2.45, 2.75) is 5.75 Å². The van der Waals surface area contributed by atoms with E-state index in [0.29, 0.717) is 16.3 Å². The zero-order chi connectivity index (χ0) is 13.8. The molecule has 0 heterocycles. The fourth-order valence-corrected chi connectivity index (χ4v) is 2.22. The number of benzene rings is 2. The third kappa shape index (κ3) is 3.96. The van der Waals surface area contributed by atoms with Gasteiger partial charge in [0.25, 0.3) is 0 Å². The summed E-state index contributed by atoms with van der Waals surface area (Å²) in [6.45, 7) is 0. The lowest BCUT2D eigenvalue weighted by atomic mass is 10.2. The molecule has 0 spiro atoms. The van der Waals surface area contributed by atoms with E-state index < -0.39 is 11.1 Å². The number of rotatable bonds is 4. The summed E-state index contributed by atoms with van der Waals surface area (Å²) in [6.07, 6.45) is 0. The van der Waals surface area contributed by atoms with Crippen LogP contribution in [-0.4, -0.2) is 13.9 Å². The smallest absolute Gasteiger partial charge is 0.139 e. The van der Waals surface area contributed by atoms with E-state index in [-0.39, 0.29) is 11.5 Å². The molecule has 0 aromatic heterocycles. The molecule has 2 rings (SSSR count). The number of hydrogen-bond donors (Lipinski definition) is 2. The van der Waals surface area contributed by atoms with Crippen LogP contribution in [0.4, 0.5) is 11.4 Å². The Morgan fingerprint density at radius 1 is 1.21 bits per heavy atom. The average Bonchev–Trinajstić information content (AvgIpc) is 2.35. The summed E-state index contributed by atoms with van der Waals surface area (Å²) in [5.74, 6) is 0.0806. The fraction of sp³-hybridized carbons (Fsp3) is 0.0769. The Balaban J connectivity index is 2.15. The van der Waals surface area contributed by atoms with Gasteiger partial charge >= 0.3 is 0 Å². The van der Waals surface area contributed by atoms with E-state index >= 15 is 0 Å². The first-order chi connectivity index (χ1) is 9.04. The van der Waals surface area contributed by atoms with Gasteiger partial charge in [-0.1, -0.05) is 34.8 Å². The number of nitrogens with one attached hydrogen (secondary N) is 1. The Bertz CT molecular complexity index is 601. The van der Waals surface area contributed by atoms with Gasteiger partial charge in [0.05, 0.1) is 5.69 Å². The van der Waals surface area contributed by atoms with Gasteiger partial charge in [-0.2, -0.15) is 0 Å². The second-order valence-corrected chi connectivity index (χ2v) is 5.26. The summed E-state index contributed by atoms with van der Waals surface area (Å²) in [5, 5.41) is 13.2. The molecule has 19 heavy (non-hydrogen) atoms. The van der Waals surface area contributed by atoms with Crippen LogP contribution in [0, 0.1) is 0 Å². The van der Waals surface area contributed by atoms with Gasteiger partial charge in [0, 0.05) is 16.5 Å². The minimum Gasteiger partial charge on any atom is -0.772 e. The van der Waals surface area contributed by atoms with Crippen molar-refractivity contribution in [1.29, 1.82) is 0 Å². The quantitative estimate of drug-likeness (QED) is 0.671. The number of aromatic hydroxyl groups is 1. The van der Waals surface area contributed by atoms with Gasteiger partial charge in [0.15, 0.2) is 0 Å². The maximum Gasteiger partial charge on any atom is 0.139 e. The van der Waals surface area contributed by atoms with Crippen molar-refractivity contribution in [2.24, 2.45) is 0 Å². The van der Waals surface area contributed by atoms with Gasteiger partial charge in [0.2, 0.25) is 0 Å². The van der Waals surface area contributed by atoms with E-state index in [4.69, 9.17) is 11.6 Å². The lowest BCUT2D eigenvalue weighted by Crippen LogP contribution is -1.95. The predicted molar refractivity (Wildman–Crippen MR) is 75.5 cm³/mol. The van der Waals surface area contributed by atoms with E-state index in [2.05, 4.69) is 5.32 Å². The van der Waals surface area contributed by atoms with Crippen molar-refractivity contribution < 1.29 is 13.9 Å². The molecular weight excluding hydrogens is 286 g/mol. The molecule has 2 aromatic carbocycles. The Labute approximate surface area is 118 Å². The van der Waals surface area contributed by atoms with Crippen LogP contribution in [0.1, 0.15) is 5.56 Å². The van der Waals surface area contributed by atoms with Gasteiger partial charge in [-0.25, -0.2) is 0 Å². The Kier molecular flexibility index (Phi) is 4.42. The molecule has 4 nitrogen and oxygen atoms in total. The monoisotopic (exact) mass is 296 g/mol. The van der Waals surface area contributed by atoms with Gasteiger partial charge in [-0.15, -0.1) is 0 Å². The summed E-state index contributed by atoms with van der Waals surface area (Å²) in [7, 11) is 0. The highest BCUT2D eigenvalue weighted by molar-refractivity contribution is 7.78. The first-order valence-corrected chi connectivity index (χ1v) is 7.07. The van der Waals surface area contributed by atoms with Gasteiger partial charge in [-0.05, 0) is 35.9 Å². The number of phenols is 1. The average molecular weight is 297 g/mol. The van der Waals surface area contributed by atoms with E-state index in [1.54, 1.807) is 36.4 Å². The number of anilines is 2. The van der Waals surface area contributed by atoms with Crippen LogP contribution >= 0.6 is 11.6 Å². The summed E-state index contributed by atoms with van der Waals surface area (Å²) in [4.78, 5) is 0. The summed E-state index contributed by atoms with van der Waals surface area (Å²) in [6, 6.07) is 11.6. The van der Waals surface area contributed by atoms with Crippen LogP contribution in [0.2, 0.25) is 5.02 Å². The van der Waals surface area contributed by atoms with Gasteiger partial charge < -0.3 is 15.0 Å². The maximum absolute atomic E-state index is 10.6. The van der Waals surface area contributed by atoms with Crippen LogP contribution < -0.4 is 5.32 Å². The van der Waals surface area contributed by atoms with Crippen LogP contribution in [0.15, 0.2) is 42.5 Å². The first kappa shape index (κ1) is 13.9. The molecule has 1 atom stereocenters. The number of halogens is 1. The number of hydrogen-bond acceptors (Lipinski definition) is 4. The lowest BCUT2D eigenvalue weighted by Gasteiger charge is -2.10. The second kappa shape index (κ2) is 6.06. The standard InChI is InChI=1S/C13H12ClNO3S/c14-10-3-6-13(16)12(7-10)15-11-4-1-9(2-5-11)8-19(17)18/h1-7,15-16H,8H2,(H,17,18)/p-1. The summed E-state index contributed by atoms with van der Waals surface area (Å²) in [5.41, 5.74) is 1.93. The normalized spacial score (nSPS) is 12.1. The van der Waals surface area contributed by atoms with Crippen LogP contribution in [0.5, 0.6) is 5.75 Å². The minimum absolute atomic E-state index is 0.0112. The molecule has 0 saturated carbocycles. The molecule has 0 saturated heterocycles. The predicted octanol–water partition coefficient (Wildman–Crippen LogP) is 3.17. The second-order valence-electron chi connectivity index (χ2n) is 3.93. The van der Waals surface area contributed by atoms with Crippen molar-refractivity contribution in [3.8, 4) is 5.75 Å². The Morgan fingerprint density at radius 2 is 1.89 bits per heavy atom. The molecule has 0 amide bonds. The lowest BCUT2D eigenvalue weighted by molar-refractivity contribution is 0.478. The molecule has 0 fully saturated rings. The van der Waals surface area contributed by atoms with Crippen molar-refractivity contribution in [1.82, 2.24) is 0 Å². The highest BCUT2D eigenvalue weighted by Gasteiger charge is 2.02. The molecule has 2 N–H and O–H groups in total. The molecule has 6 heteroatoms. The van der Waals surface area contributed by atoms with Gasteiger partial charge in [-0.3, -0.25) is 4.21 Å². The maximum atomic E-state index is 10.6. The summed E-state index contributed by atoms with van der Waals surface area (Å²) < 4.78 is 21.1. The first-order valence-electron chi connectivity index (χ1n) is 5.45. The van der Waals surface area contributed by atoms with E-state index in [0.717, 1.165) is 5.69 Å². The zero-order valence-corrected chi connectivity index (χ0v) is 11.4. The van der Waals surface area contributed by atoms with Crippen molar-refractivity contribution in [3.63, 3.8) is 0 Å². The van der Waals surface area contributed by atoms with Crippen molar-refractivity contribution in [2.75, 3.05) is 5.32 Å². The molecule has 100 valence electrons. The Morgan fingerprint density at radius 3 is 2.53 bits per heavy atom. The van der Waals surface area contributed by atoms with Crippen LogP contribution in [0.3, 0.4) is 0 Å². The van der Waals surface area contributed by atoms with E-state index in [1.807, 2.05) is 0 Å². The highest BCUT2D eigenvalue weighted by atomic mass is 35.5. The van der Waals surface area contributed by atoms with E-state index in [9.17, 15) is 13.9 Å². The molecule has 2 aromatic rings. The SMILES string of the molecule is O=S([O-])Cc1ccc(Nc2cc(Cl)ccc2O)cc1. The van der Waals surface area contributed by atoms with Crippen molar-refractivity contribution in [3.05, 3.63) is 53.1 Å². The van der Waals surface area contributed by atoms with Gasteiger partial charge in [0.1, 0.15) is 5.75 Å². The molecule has 0 radical (unpaired) electrons. The van der Waals surface area contributed by atoms with Crippen molar-refractivity contribution >= 4 is 34.1 Å². The van der Waals surface area contributed by atoms with Crippen LogP contribution in [-0.2, 0) is 16.8 Å². The molecule has 0 aliphatic heterocycles. The highest BCUT2D eigenvalue weighted by Crippen LogP contribution is 2.29. The fourth-order valence-electron chi connectivity index (χ4n) is 1.58. The zero-order valence-electron chi connectivity index (χ0n) is 9.80. The minimum atomic E-state index is -2.10. The van der Waals surface area contributed by atoms with E-state index in [1.165, 1.54) is 6.07 Å². The molecule has 1 unspecified atom stereocenters. The summed E-state index contributed by atoms with van der Waals surface area (Å²) >= 11 is 3.75. The topological polar surface area (TPSA) is 72.4 Å². The van der Waals surface area contributed by atoms with Crippen LogP contribution in [0.25, 0.3) is 0 Å². The Hall–Kier alpha value is -1.56. The number of phenolic OH excluding ortho intramolecular Hbond substituents is 1. The molecular formula is C13H11ClNO3S-. The third-order valence-corrected chi connectivity index (χ3v) is 3.28. The molecule has 0 aliphatic carbocycles. The molecule has 0 bridgehead atoms. The molecule has 0 aliphatic rings.